The van der Waals surface area contributed by atoms with E-state index >= 15 is 0 Å². The minimum Gasteiger partial charge on any atom is -0.321 e. The van der Waals surface area contributed by atoms with Crippen LogP contribution < -0.4 is 5.32 Å². The van der Waals surface area contributed by atoms with E-state index in [0.29, 0.717) is 10.8 Å². The van der Waals surface area contributed by atoms with E-state index in [1.807, 2.05) is 38.1 Å². The average Bonchev–Trinajstić information content (AvgIpc) is 2.69. The molecule has 19 heavy (non-hydrogen) atoms. The number of benzene rings is 1. The zero-order valence-electron chi connectivity index (χ0n) is 11.7. The Hall–Kier alpha value is -1.68. The van der Waals surface area contributed by atoms with Crippen molar-refractivity contribution in [3.63, 3.8) is 0 Å². The SMILES string of the molecule is Cc1nc(C)c(C(=O)Nc2ccc(C(C)C)cc2)s1. The van der Waals surface area contributed by atoms with E-state index < -0.39 is 0 Å². The fourth-order valence-corrected chi connectivity index (χ4v) is 2.70. The first-order chi connectivity index (χ1) is 8.97. The van der Waals surface area contributed by atoms with Gasteiger partial charge in [0.05, 0.1) is 10.7 Å². The Kier molecular flexibility index (Phi) is 4.00. The highest BCUT2D eigenvalue weighted by Crippen LogP contribution is 2.20. The molecule has 0 saturated heterocycles. The number of rotatable bonds is 3. The third-order valence-corrected chi connectivity index (χ3v) is 4.02. The number of aromatic nitrogens is 1. The summed E-state index contributed by atoms with van der Waals surface area (Å²) in [5.74, 6) is 0.413. The molecule has 2 aromatic rings. The van der Waals surface area contributed by atoms with E-state index in [0.717, 1.165) is 16.4 Å². The molecule has 2 rings (SSSR count). The van der Waals surface area contributed by atoms with Crippen LogP contribution in [0.2, 0.25) is 0 Å². The summed E-state index contributed by atoms with van der Waals surface area (Å²) >= 11 is 1.43. The number of aryl methyl sites for hydroxylation is 2. The van der Waals surface area contributed by atoms with Gasteiger partial charge in [-0.15, -0.1) is 11.3 Å². The second-order valence-electron chi connectivity index (χ2n) is 4.88. The van der Waals surface area contributed by atoms with E-state index in [9.17, 15) is 4.79 Å². The van der Waals surface area contributed by atoms with Gasteiger partial charge < -0.3 is 5.32 Å². The number of carbonyl (C=O) groups excluding carboxylic acids is 1. The van der Waals surface area contributed by atoms with Crippen molar-refractivity contribution in [2.45, 2.75) is 33.6 Å². The lowest BCUT2D eigenvalue weighted by molar-refractivity contribution is 0.103. The number of nitrogens with zero attached hydrogens (tertiary/aromatic N) is 1. The van der Waals surface area contributed by atoms with Gasteiger partial charge in [0.1, 0.15) is 4.88 Å². The molecule has 0 saturated carbocycles. The summed E-state index contributed by atoms with van der Waals surface area (Å²) in [5, 5.41) is 3.82. The molecule has 1 heterocycles. The van der Waals surface area contributed by atoms with Crippen LogP contribution >= 0.6 is 11.3 Å². The molecule has 3 nitrogen and oxygen atoms in total. The van der Waals surface area contributed by atoms with Crippen LogP contribution in [0.4, 0.5) is 5.69 Å². The van der Waals surface area contributed by atoms with Gasteiger partial charge in [-0.25, -0.2) is 4.98 Å². The van der Waals surface area contributed by atoms with Crippen LogP contribution in [-0.4, -0.2) is 10.9 Å². The molecule has 0 unspecified atom stereocenters. The normalized spacial score (nSPS) is 10.8. The van der Waals surface area contributed by atoms with Crippen molar-refractivity contribution < 1.29 is 4.79 Å². The van der Waals surface area contributed by atoms with Crippen molar-refractivity contribution in [2.24, 2.45) is 0 Å². The van der Waals surface area contributed by atoms with Gasteiger partial charge in [-0.3, -0.25) is 4.79 Å². The number of amides is 1. The zero-order valence-corrected chi connectivity index (χ0v) is 12.5. The molecule has 0 aliphatic rings. The van der Waals surface area contributed by atoms with E-state index in [1.54, 1.807) is 0 Å². The van der Waals surface area contributed by atoms with E-state index in [1.165, 1.54) is 16.9 Å². The summed E-state index contributed by atoms with van der Waals surface area (Å²) < 4.78 is 0. The van der Waals surface area contributed by atoms with Gasteiger partial charge in [-0.05, 0) is 37.5 Å². The van der Waals surface area contributed by atoms with Crippen molar-refractivity contribution in [1.29, 1.82) is 0 Å². The summed E-state index contributed by atoms with van der Waals surface area (Å²) in [7, 11) is 0. The lowest BCUT2D eigenvalue weighted by atomic mass is 10.0. The number of thiazole rings is 1. The fraction of sp³-hybridized carbons (Fsp3) is 0.333. The summed E-state index contributed by atoms with van der Waals surface area (Å²) in [6.45, 7) is 8.07. The van der Waals surface area contributed by atoms with Gasteiger partial charge in [0, 0.05) is 5.69 Å². The van der Waals surface area contributed by atoms with Crippen LogP contribution in [0.5, 0.6) is 0 Å². The van der Waals surface area contributed by atoms with Crippen molar-refractivity contribution in [1.82, 2.24) is 4.98 Å². The van der Waals surface area contributed by atoms with Gasteiger partial charge in [0.2, 0.25) is 0 Å². The minimum atomic E-state index is -0.0830. The van der Waals surface area contributed by atoms with Crippen LogP contribution in [0, 0.1) is 13.8 Å². The Morgan fingerprint density at radius 3 is 2.32 bits per heavy atom. The smallest absolute Gasteiger partial charge is 0.267 e. The molecule has 0 aliphatic carbocycles. The van der Waals surface area contributed by atoms with Gasteiger partial charge >= 0.3 is 0 Å². The molecule has 0 atom stereocenters. The highest BCUT2D eigenvalue weighted by molar-refractivity contribution is 7.13. The van der Waals surface area contributed by atoms with Gasteiger partial charge in [-0.1, -0.05) is 26.0 Å². The quantitative estimate of drug-likeness (QED) is 0.914. The molecule has 1 amide bonds. The van der Waals surface area contributed by atoms with E-state index in [-0.39, 0.29) is 5.91 Å². The maximum absolute atomic E-state index is 12.1. The lowest BCUT2D eigenvalue weighted by Gasteiger charge is -2.08. The number of anilines is 1. The molecule has 1 N–H and O–H groups in total. The predicted octanol–water partition coefficient (Wildman–Crippen LogP) is 4.14. The fourth-order valence-electron chi connectivity index (χ4n) is 1.88. The lowest BCUT2D eigenvalue weighted by Crippen LogP contribution is -2.11. The first-order valence-electron chi connectivity index (χ1n) is 6.32. The molecule has 0 spiro atoms. The third kappa shape index (κ3) is 3.20. The Bertz CT molecular complexity index is 585. The number of hydrogen-bond donors (Lipinski definition) is 1. The Balaban J connectivity index is 2.13. The predicted molar refractivity (Wildman–Crippen MR) is 80.1 cm³/mol. The summed E-state index contributed by atoms with van der Waals surface area (Å²) in [6.07, 6.45) is 0. The first kappa shape index (κ1) is 13.7. The average molecular weight is 274 g/mol. The van der Waals surface area contributed by atoms with Crippen molar-refractivity contribution in [3.8, 4) is 0 Å². The molecule has 100 valence electrons. The maximum Gasteiger partial charge on any atom is 0.267 e. The second-order valence-corrected chi connectivity index (χ2v) is 6.08. The third-order valence-electron chi connectivity index (χ3n) is 2.94. The van der Waals surface area contributed by atoms with Gasteiger partial charge in [0.25, 0.3) is 5.91 Å². The Labute approximate surface area is 117 Å². The van der Waals surface area contributed by atoms with Gasteiger partial charge in [0.15, 0.2) is 0 Å². The van der Waals surface area contributed by atoms with Crippen LogP contribution in [0.25, 0.3) is 0 Å². The number of carbonyl (C=O) groups is 1. The van der Waals surface area contributed by atoms with Gasteiger partial charge in [-0.2, -0.15) is 0 Å². The van der Waals surface area contributed by atoms with E-state index in [4.69, 9.17) is 0 Å². The minimum absolute atomic E-state index is 0.0830. The monoisotopic (exact) mass is 274 g/mol. The summed E-state index contributed by atoms with van der Waals surface area (Å²) in [6, 6.07) is 7.98. The van der Waals surface area contributed by atoms with Crippen LogP contribution in [-0.2, 0) is 0 Å². The van der Waals surface area contributed by atoms with Crippen molar-refractivity contribution in [2.75, 3.05) is 5.32 Å². The molecule has 4 heteroatoms. The van der Waals surface area contributed by atoms with Crippen molar-refractivity contribution >= 4 is 22.9 Å². The van der Waals surface area contributed by atoms with Crippen LogP contribution in [0.1, 0.15) is 45.7 Å². The molecular weight excluding hydrogens is 256 g/mol. The molecule has 0 aliphatic heterocycles. The molecule has 1 aromatic carbocycles. The highest BCUT2D eigenvalue weighted by Gasteiger charge is 2.13. The number of hydrogen-bond acceptors (Lipinski definition) is 3. The summed E-state index contributed by atoms with van der Waals surface area (Å²) in [4.78, 5) is 17.1. The molecule has 0 bridgehead atoms. The molecule has 0 radical (unpaired) electrons. The molecule has 1 aromatic heterocycles. The topological polar surface area (TPSA) is 42.0 Å². The maximum atomic E-state index is 12.1. The second kappa shape index (κ2) is 5.53. The first-order valence-corrected chi connectivity index (χ1v) is 7.14. The van der Waals surface area contributed by atoms with Crippen molar-refractivity contribution in [3.05, 3.63) is 45.4 Å². The molecule has 0 fully saturated rings. The molecular formula is C15H18N2OS. The zero-order chi connectivity index (χ0) is 14.0. The largest absolute Gasteiger partial charge is 0.321 e. The highest BCUT2D eigenvalue weighted by atomic mass is 32.1. The summed E-state index contributed by atoms with van der Waals surface area (Å²) in [5.41, 5.74) is 2.88. The van der Waals surface area contributed by atoms with Crippen LogP contribution in [0.3, 0.4) is 0 Å². The number of nitrogens with one attached hydrogen (secondary N) is 1. The Morgan fingerprint density at radius 2 is 1.84 bits per heavy atom. The Morgan fingerprint density at radius 1 is 1.21 bits per heavy atom. The van der Waals surface area contributed by atoms with Crippen LogP contribution in [0.15, 0.2) is 24.3 Å². The standard InChI is InChI=1S/C15H18N2OS/c1-9(2)12-5-7-13(8-6-12)17-15(18)14-10(3)16-11(4)19-14/h5-9H,1-4H3,(H,17,18). The van der Waals surface area contributed by atoms with E-state index in [2.05, 4.69) is 24.1 Å².